The summed E-state index contributed by atoms with van der Waals surface area (Å²) in [5.41, 5.74) is 12.8. The summed E-state index contributed by atoms with van der Waals surface area (Å²) in [6, 6.07) is 5.44. The van der Waals surface area contributed by atoms with E-state index in [9.17, 15) is 40.7 Å². The molecule has 240 valence electrons. The smallest absolute Gasteiger partial charge is 0.475 e. The van der Waals surface area contributed by atoms with Gasteiger partial charge in [0.2, 0.25) is 11.8 Å². The van der Waals surface area contributed by atoms with Crippen LogP contribution in [0.4, 0.5) is 32.0 Å². The molecule has 1 fully saturated rings. The zero-order chi connectivity index (χ0) is 33.1. The summed E-state index contributed by atoms with van der Waals surface area (Å²) < 4.78 is 68.7. The minimum Gasteiger partial charge on any atom is -0.475 e. The lowest BCUT2D eigenvalue weighted by Crippen LogP contribution is -2.49. The molecule has 18 heteroatoms. The van der Waals surface area contributed by atoms with Gasteiger partial charge in [0.1, 0.15) is 11.6 Å². The molecule has 1 saturated heterocycles. The van der Waals surface area contributed by atoms with Crippen LogP contribution in [0.15, 0.2) is 33.5 Å². The zero-order valence-electron chi connectivity index (χ0n) is 22.6. The minimum absolute atomic E-state index is 0.195. The number of nitrogens with zero attached hydrogens (tertiary/aromatic N) is 1. The van der Waals surface area contributed by atoms with Crippen LogP contribution in [0.1, 0.15) is 37.7 Å². The van der Waals surface area contributed by atoms with Gasteiger partial charge < -0.3 is 36.3 Å². The standard InChI is InChI=1S/C21H28N4O4.2C2HF3O2/c1-13-11-19(26)29-18-12-14(7-8-15(13)18)24-20(27)17-6-4-10-25(17)21(28)16(23)5-2-3-9-22;2*3-2(4,5)1(6)7/h7-8,11-12,16-17H,2-6,9-10,22-23H2,1H3,(H,24,27);2*(H,6,7)/t16-,17-;;/m0../s1. The molecule has 3 rings (SSSR count). The molecule has 0 bridgehead atoms. The van der Waals surface area contributed by atoms with Crippen molar-refractivity contribution in [2.45, 2.75) is 63.5 Å². The van der Waals surface area contributed by atoms with Gasteiger partial charge in [-0.3, -0.25) is 9.59 Å². The molecule has 12 nitrogen and oxygen atoms in total. The SMILES string of the molecule is Cc1cc(=O)oc2cc(NC(=O)[C@@H]3CCCN3C(=O)[C@@H](N)CCCCN)ccc12.O=C(O)C(F)(F)F.O=C(O)C(F)(F)F. The molecule has 2 heterocycles. The number of halogens is 6. The maximum absolute atomic E-state index is 12.8. The second kappa shape index (κ2) is 15.9. The van der Waals surface area contributed by atoms with Gasteiger partial charge in [0.05, 0.1) is 6.04 Å². The molecule has 1 aromatic heterocycles. The number of carbonyl (C=O) groups is 4. The van der Waals surface area contributed by atoms with E-state index in [0.717, 1.165) is 30.2 Å². The molecule has 0 spiro atoms. The zero-order valence-corrected chi connectivity index (χ0v) is 22.6. The fourth-order valence-corrected chi connectivity index (χ4v) is 3.78. The number of hydrogen-bond donors (Lipinski definition) is 5. The molecule has 7 N–H and O–H groups in total. The van der Waals surface area contributed by atoms with Crippen molar-refractivity contribution in [1.82, 2.24) is 4.90 Å². The topological polar surface area (TPSA) is 206 Å². The number of hydrogen-bond acceptors (Lipinski definition) is 8. The first-order valence-electron chi connectivity index (χ1n) is 12.5. The van der Waals surface area contributed by atoms with E-state index in [1.807, 2.05) is 6.92 Å². The Balaban J connectivity index is 0.000000548. The van der Waals surface area contributed by atoms with Gasteiger partial charge in [0, 0.05) is 29.8 Å². The fourth-order valence-electron chi connectivity index (χ4n) is 3.78. The average Bonchev–Trinajstić information content (AvgIpc) is 3.38. The molecule has 1 aliphatic heterocycles. The van der Waals surface area contributed by atoms with E-state index in [4.69, 9.17) is 35.7 Å². The predicted molar refractivity (Wildman–Crippen MR) is 139 cm³/mol. The highest BCUT2D eigenvalue weighted by Crippen LogP contribution is 2.24. The van der Waals surface area contributed by atoms with Crippen molar-refractivity contribution < 1.29 is 60.2 Å². The molecular formula is C25H30F6N4O8. The maximum atomic E-state index is 12.8. The summed E-state index contributed by atoms with van der Waals surface area (Å²) in [4.78, 5) is 56.5. The average molecular weight is 629 g/mol. The van der Waals surface area contributed by atoms with Crippen molar-refractivity contribution >= 4 is 40.4 Å². The monoisotopic (exact) mass is 628 g/mol. The number of fused-ring (bicyclic) bond motifs is 1. The van der Waals surface area contributed by atoms with Crippen LogP contribution >= 0.6 is 0 Å². The highest BCUT2D eigenvalue weighted by Gasteiger charge is 2.39. The lowest BCUT2D eigenvalue weighted by Gasteiger charge is -2.26. The number of rotatable bonds is 7. The van der Waals surface area contributed by atoms with E-state index < -0.39 is 42.0 Å². The Bertz CT molecular complexity index is 1320. The molecule has 1 aliphatic rings. The first-order valence-corrected chi connectivity index (χ1v) is 12.5. The molecule has 2 aromatic rings. The highest BCUT2D eigenvalue weighted by molar-refractivity contribution is 5.99. The summed E-state index contributed by atoms with van der Waals surface area (Å²) in [6.07, 6.45) is -6.65. The van der Waals surface area contributed by atoms with Gasteiger partial charge in [-0.1, -0.05) is 6.42 Å². The predicted octanol–water partition coefficient (Wildman–Crippen LogP) is 2.75. The first kappa shape index (κ1) is 36.8. The van der Waals surface area contributed by atoms with Gasteiger partial charge in [0.15, 0.2) is 0 Å². The number of carboxylic acids is 2. The molecule has 0 radical (unpaired) electrons. The van der Waals surface area contributed by atoms with E-state index in [2.05, 4.69) is 5.32 Å². The fraction of sp³-hybridized carbons (Fsp3) is 0.480. The van der Waals surface area contributed by atoms with Crippen molar-refractivity contribution in [3.8, 4) is 0 Å². The molecule has 43 heavy (non-hydrogen) atoms. The molecule has 0 aliphatic carbocycles. The van der Waals surface area contributed by atoms with Gasteiger partial charge in [-0.2, -0.15) is 26.3 Å². The number of carboxylic acid groups (broad SMARTS) is 2. The van der Waals surface area contributed by atoms with Crippen LogP contribution in [-0.4, -0.2) is 76.4 Å². The molecule has 2 amide bonds. The number of nitrogens with one attached hydrogen (secondary N) is 1. The Hall–Kier alpha value is -4.19. The van der Waals surface area contributed by atoms with E-state index in [1.165, 1.54) is 6.07 Å². The van der Waals surface area contributed by atoms with Gasteiger partial charge in [0.25, 0.3) is 0 Å². The molecule has 1 aromatic carbocycles. The van der Waals surface area contributed by atoms with Crippen molar-refractivity contribution in [3.05, 3.63) is 40.2 Å². The van der Waals surface area contributed by atoms with Crippen LogP contribution in [0, 0.1) is 6.92 Å². The first-order chi connectivity index (χ1) is 19.8. The normalized spacial score (nSPS) is 15.5. The van der Waals surface area contributed by atoms with E-state index in [-0.39, 0.29) is 11.8 Å². The lowest BCUT2D eigenvalue weighted by molar-refractivity contribution is -0.193. The quantitative estimate of drug-likeness (QED) is 0.172. The molecule has 0 unspecified atom stereocenters. The Morgan fingerprint density at radius 3 is 2.12 bits per heavy atom. The van der Waals surface area contributed by atoms with E-state index in [1.54, 1.807) is 23.1 Å². The number of likely N-dealkylation sites (tertiary alicyclic amines) is 1. The van der Waals surface area contributed by atoms with Crippen molar-refractivity contribution in [1.29, 1.82) is 0 Å². The molecule has 0 saturated carbocycles. The summed E-state index contributed by atoms with van der Waals surface area (Å²) in [5.74, 6) is -5.97. The van der Waals surface area contributed by atoms with Crippen LogP contribution in [0.3, 0.4) is 0 Å². The third-order valence-electron chi connectivity index (χ3n) is 5.83. The molecule has 2 atom stereocenters. The second-order valence-electron chi connectivity index (χ2n) is 9.14. The van der Waals surface area contributed by atoms with E-state index >= 15 is 0 Å². The number of benzene rings is 1. The number of carbonyl (C=O) groups excluding carboxylic acids is 2. The Kier molecular flexibility index (Phi) is 13.6. The second-order valence-corrected chi connectivity index (χ2v) is 9.14. The van der Waals surface area contributed by atoms with Crippen molar-refractivity contribution in [2.24, 2.45) is 11.5 Å². The largest absolute Gasteiger partial charge is 0.490 e. The van der Waals surface area contributed by atoms with Crippen LogP contribution < -0.4 is 22.4 Å². The number of amides is 2. The summed E-state index contributed by atoms with van der Waals surface area (Å²) in [6.45, 7) is 2.92. The number of alkyl halides is 6. The lowest BCUT2D eigenvalue weighted by atomic mass is 10.1. The van der Waals surface area contributed by atoms with Crippen LogP contribution in [0.25, 0.3) is 11.0 Å². The Labute approximate surface area is 239 Å². The van der Waals surface area contributed by atoms with Crippen LogP contribution in [-0.2, 0) is 19.2 Å². The van der Waals surface area contributed by atoms with Crippen LogP contribution in [0.2, 0.25) is 0 Å². The Morgan fingerprint density at radius 2 is 1.60 bits per heavy atom. The van der Waals surface area contributed by atoms with Crippen molar-refractivity contribution in [2.75, 3.05) is 18.4 Å². The number of unbranched alkanes of at least 4 members (excludes halogenated alkanes) is 1. The number of nitrogens with two attached hydrogens (primary N) is 2. The molecular weight excluding hydrogens is 598 g/mol. The van der Waals surface area contributed by atoms with Gasteiger partial charge in [-0.05, 0) is 56.8 Å². The van der Waals surface area contributed by atoms with Gasteiger partial charge >= 0.3 is 29.9 Å². The minimum atomic E-state index is -5.08. The number of aliphatic carboxylic acids is 2. The third-order valence-corrected chi connectivity index (χ3v) is 5.83. The maximum Gasteiger partial charge on any atom is 0.490 e. The van der Waals surface area contributed by atoms with Crippen molar-refractivity contribution in [3.63, 3.8) is 0 Å². The van der Waals surface area contributed by atoms with Gasteiger partial charge in [-0.25, -0.2) is 14.4 Å². The number of anilines is 1. The summed E-state index contributed by atoms with van der Waals surface area (Å²) >= 11 is 0. The third kappa shape index (κ3) is 11.9. The number of aryl methyl sites for hydroxylation is 1. The summed E-state index contributed by atoms with van der Waals surface area (Å²) in [5, 5.41) is 17.9. The van der Waals surface area contributed by atoms with E-state index in [0.29, 0.717) is 37.2 Å². The van der Waals surface area contributed by atoms with Crippen LogP contribution in [0.5, 0.6) is 0 Å². The van der Waals surface area contributed by atoms with Gasteiger partial charge in [-0.15, -0.1) is 0 Å². The Morgan fingerprint density at radius 1 is 1.05 bits per heavy atom. The summed E-state index contributed by atoms with van der Waals surface area (Å²) in [7, 11) is 0. The highest BCUT2D eigenvalue weighted by atomic mass is 19.4.